The molecule has 2 unspecified atom stereocenters. The molecule has 2 rings (SSSR count). The summed E-state index contributed by atoms with van der Waals surface area (Å²) in [6.07, 6.45) is -0.0900. The Morgan fingerprint density at radius 3 is 2.41 bits per heavy atom. The van der Waals surface area contributed by atoms with Crippen LogP contribution < -0.4 is 5.32 Å². The predicted molar refractivity (Wildman–Crippen MR) is 89.0 cm³/mol. The van der Waals surface area contributed by atoms with E-state index in [-0.39, 0.29) is 11.9 Å². The van der Waals surface area contributed by atoms with Crippen molar-refractivity contribution in [3.63, 3.8) is 0 Å². The number of amides is 1. The number of carbonyl (C=O) groups is 1. The summed E-state index contributed by atoms with van der Waals surface area (Å²) >= 11 is 0. The Morgan fingerprint density at radius 2 is 1.77 bits per heavy atom. The van der Waals surface area contributed by atoms with E-state index in [0.29, 0.717) is 12.0 Å². The zero-order chi connectivity index (χ0) is 16.1. The standard InChI is InChI=1S/C19H23NO2/c1-13-9-10-17(11-14(13)2)19(22)20-15(3)18(21)12-16-7-5-4-6-8-16/h4-11,15,18,21H,12H2,1-3H3,(H,20,22). The first-order valence-corrected chi connectivity index (χ1v) is 7.57. The van der Waals surface area contributed by atoms with Gasteiger partial charge in [-0.3, -0.25) is 4.79 Å². The molecule has 0 saturated heterocycles. The van der Waals surface area contributed by atoms with Gasteiger partial charge in [-0.1, -0.05) is 36.4 Å². The van der Waals surface area contributed by atoms with Gasteiger partial charge in [-0.25, -0.2) is 0 Å². The number of aliphatic hydroxyl groups excluding tert-OH is 1. The molecule has 2 atom stereocenters. The van der Waals surface area contributed by atoms with E-state index in [2.05, 4.69) is 5.32 Å². The third kappa shape index (κ3) is 4.18. The molecule has 0 aliphatic rings. The van der Waals surface area contributed by atoms with Crippen molar-refractivity contribution in [1.29, 1.82) is 0 Å². The van der Waals surface area contributed by atoms with Crippen molar-refractivity contribution in [2.24, 2.45) is 0 Å². The van der Waals surface area contributed by atoms with Crippen molar-refractivity contribution in [2.45, 2.75) is 39.3 Å². The molecule has 3 nitrogen and oxygen atoms in total. The number of nitrogens with one attached hydrogen (secondary N) is 1. The lowest BCUT2D eigenvalue weighted by atomic mass is 10.0. The zero-order valence-electron chi connectivity index (χ0n) is 13.3. The fourth-order valence-electron chi connectivity index (χ4n) is 2.30. The summed E-state index contributed by atoms with van der Waals surface area (Å²) < 4.78 is 0. The van der Waals surface area contributed by atoms with Crippen LogP contribution in [0.1, 0.15) is 34.0 Å². The van der Waals surface area contributed by atoms with E-state index in [9.17, 15) is 9.90 Å². The third-order valence-corrected chi connectivity index (χ3v) is 3.99. The lowest BCUT2D eigenvalue weighted by Gasteiger charge is -2.20. The first kappa shape index (κ1) is 16.2. The van der Waals surface area contributed by atoms with Crippen LogP contribution in [0, 0.1) is 13.8 Å². The van der Waals surface area contributed by atoms with E-state index in [0.717, 1.165) is 16.7 Å². The molecule has 3 heteroatoms. The summed E-state index contributed by atoms with van der Waals surface area (Å²) in [5.41, 5.74) is 3.93. The van der Waals surface area contributed by atoms with Gasteiger partial charge in [0.15, 0.2) is 0 Å². The maximum absolute atomic E-state index is 12.3. The minimum atomic E-state index is -0.613. The Morgan fingerprint density at radius 1 is 1.09 bits per heavy atom. The Kier molecular flexibility index (Phi) is 5.34. The maximum Gasteiger partial charge on any atom is 0.251 e. The number of rotatable bonds is 5. The average Bonchev–Trinajstić information content (AvgIpc) is 2.50. The molecule has 1 amide bonds. The molecular weight excluding hydrogens is 274 g/mol. The first-order chi connectivity index (χ1) is 10.5. The van der Waals surface area contributed by atoms with Crippen LogP contribution in [0.25, 0.3) is 0 Å². The number of aryl methyl sites for hydroxylation is 2. The molecule has 0 aliphatic heterocycles. The molecule has 0 aliphatic carbocycles. The molecule has 2 aromatic carbocycles. The average molecular weight is 297 g/mol. The van der Waals surface area contributed by atoms with E-state index < -0.39 is 6.10 Å². The van der Waals surface area contributed by atoms with Crippen LogP contribution in [-0.2, 0) is 6.42 Å². The quantitative estimate of drug-likeness (QED) is 0.891. The number of hydrogen-bond donors (Lipinski definition) is 2. The largest absolute Gasteiger partial charge is 0.391 e. The van der Waals surface area contributed by atoms with Gasteiger partial charge in [0.05, 0.1) is 12.1 Å². The van der Waals surface area contributed by atoms with E-state index in [4.69, 9.17) is 0 Å². The van der Waals surface area contributed by atoms with Crippen LogP contribution in [0.5, 0.6) is 0 Å². The summed E-state index contributed by atoms with van der Waals surface area (Å²) in [6, 6.07) is 15.1. The minimum absolute atomic E-state index is 0.150. The molecule has 116 valence electrons. The molecule has 22 heavy (non-hydrogen) atoms. The van der Waals surface area contributed by atoms with Gasteiger partial charge in [-0.05, 0) is 49.6 Å². The molecule has 0 fully saturated rings. The van der Waals surface area contributed by atoms with Gasteiger partial charge in [0.2, 0.25) is 0 Å². The monoisotopic (exact) mass is 297 g/mol. The van der Waals surface area contributed by atoms with Gasteiger partial charge in [0.1, 0.15) is 0 Å². The highest BCUT2D eigenvalue weighted by Gasteiger charge is 2.18. The minimum Gasteiger partial charge on any atom is -0.391 e. The molecule has 0 aromatic heterocycles. The van der Waals surface area contributed by atoms with Crippen LogP contribution in [0.2, 0.25) is 0 Å². The van der Waals surface area contributed by atoms with Crippen molar-refractivity contribution in [3.05, 3.63) is 70.8 Å². The third-order valence-electron chi connectivity index (χ3n) is 3.99. The number of hydrogen-bond acceptors (Lipinski definition) is 2. The summed E-state index contributed by atoms with van der Waals surface area (Å²) in [6.45, 7) is 5.83. The van der Waals surface area contributed by atoms with Crippen molar-refractivity contribution in [1.82, 2.24) is 5.32 Å². The molecular formula is C19H23NO2. The second-order valence-electron chi connectivity index (χ2n) is 5.82. The summed E-state index contributed by atoms with van der Waals surface area (Å²) in [5, 5.41) is 13.1. The van der Waals surface area contributed by atoms with Crippen molar-refractivity contribution >= 4 is 5.91 Å². The predicted octanol–water partition coefficient (Wildman–Crippen LogP) is 3.03. The van der Waals surface area contributed by atoms with Gasteiger partial charge >= 0.3 is 0 Å². The molecule has 2 aromatic rings. The molecule has 0 spiro atoms. The van der Waals surface area contributed by atoms with Gasteiger partial charge in [0.25, 0.3) is 5.91 Å². The zero-order valence-corrected chi connectivity index (χ0v) is 13.3. The lowest BCUT2D eigenvalue weighted by Crippen LogP contribution is -2.42. The number of benzene rings is 2. The topological polar surface area (TPSA) is 49.3 Å². The lowest BCUT2D eigenvalue weighted by molar-refractivity contribution is 0.0851. The van der Waals surface area contributed by atoms with Gasteiger partial charge < -0.3 is 10.4 Å². The fraction of sp³-hybridized carbons (Fsp3) is 0.316. The SMILES string of the molecule is Cc1ccc(C(=O)NC(C)C(O)Cc2ccccc2)cc1C. The summed E-state index contributed by atoms with van der Waals surface area (Å²) in [7, 11) is 0. The normalized spacial score (nSPS) is 13.5. The summed E-state index contributed by atoms with van der Waals surface area (Å²) in [5.74, 6) is -0.150. The van der Waals surface area contributed by atoms with Gasteiger partial charge in [-0.15, -0.1) is 0 Å². The van der Waals surface area contributed by atoms with E-state index >= 15 is 0 Å². The van der Waals surface area contributed by atoms with Crippen LogP contribution in [0.4, 0.5) is 0 Å². The van der Waals surface area contributed by atoms with Crippen LogP contribution in [0.3, 0.4) is 0 Å². The molecule has 0 bridgehead atoms. The van der Waals surface area contributed by atoms with E-state index in [1.165, 1.54) is 0 Å². The molecule has 0 heterocycles. The molecule has 2 N–H and O–H groups in total. The van der Waals surface area contributed by atoms with Gasteiger partial charge in [0, 0.05) is 12.0 Å². The van der Waals surface area contributed by atoms with Crippen molar-refractivity contribution in [2.75, 3.05) is 0 Å². The van der Waals surface area contributed by atoms with Crippen LogP contribution in [-0.4, -0.2) is 23.2 Å². The van der Waals surface area contributed by atoms with Crippen molar-refractivity contribution in [3.8, 4) is 0 Å². The van der Waals surface area contributed by atoms with Gasteiger partial charge in [-0.2, -0.15) is 0 Å². The fourth-order valence-corrected chi connectivity index (χ4v) is 2.30. The van der Waals surface area contributed by atoms with E-state index in [1.54, 1.807) is 0 Å². The first-order valence-electron chi connectivity index (χ1n) is 7.57. The Balaban J connectivity index is 1.96. The number of carbonyl (C=O) groups excluding carboxylic acids is 1. The molecule has 0 saturated carbocycles. The highest BCUT2D eigenvalue weighted by Crippen LogP contribution is 2.11. The second-order valence-corrected chi connectivity index (χ2v) is 5.82. The van der Waals surface area contributed by atoms with Crippen LogP contribution >= 0.6 is 0 Å². The Labute approximate surface area is 132 Å². The maximum atomic E-state index is 12.3. The van der Waals surface area contributed by atoms with Crippen molar-refractivity contribution < 1.29 is 9.90 Å². The van der Waals surface area contributed by atoms with Crippen LogP contribution in [0.15, 0.2) is 48.5 Å². The Hall–Kier alpha value is -2.13. The highest BCUT2D eigenvalue weighted by molar-refractivity contribution is 5.94. The van der Waals surface area contributed by atoms with E-state index in [1.807, 2.05) is 69.3 Å². The Bertz CT molecular complexity index is 637. The summed E-state index contributed by atoms with van der Waals surface area (Å²) in [4.78, 5) is 12.3. The smallest absolute Gasteiger partial charge is 0.251 e. The highest BCUT2D eigenvalue weighted by atomic mass is 16.3. The second kappa shape index (κ2) is 7.23. The molecule has 0 radical (unpaired) electrons. The number of aliphatic hydroxyl groups is 1.